The number of nitrogens with zero attached hydrogens (tertiary/aromatic N) is 2. The second kappa shape index (κ2) is 6.32. The van der Waals surface area contributed by atoms with Crippen LogP contribution in [0.1, 0.15) is 35.1 Å². The number of amides is 1. The van der Waals surface area contributed by atoms with Crippen LogP contribution in [-0.2, 0) is 11.2 Å². The molecule has 1 saturated carbocycles. The molecule has 1 atom stereocenters. The van der Waals surface area contributed by atoms with E-state index in [1.54, 1.807) is 17.5 Å². The molecule has 5 heteroatoms. The normalized spacial score (nSPS) is 15.4. The number of aryl methyl sites for hydroxylation is 1. The Kier molecular flexibility index (Phi) is 4.02. The molecule has 122 valence electrons. The predicted molar refractivity (Wildman–Crippen MR) is 95.9 cm³/mol. The maximum atomic E-state index is 12.6. The van der Waals surface area contributed by atoms with Crippen molar-refractivity contribution in [2.45, 2.75) is 32.2 Å². The molecule has 1 fully saturated rings. The van der Waals surface area contributed by atoms with Gasteiger partial charge < -0.3 is 5.32 Å². The zero-order valence-corrected chi connectivity index (χ0v) is 14.3. The Morgan fingerprint density at radius 2 is 2.17 bits per heavy atom. The summed E-state index contributed by atoms with van der Waals surface area (Å²) in [6.45, 7) is 1.99. The van der Waals surface area contributed by atoms with E-state index in [1.807, 2.05) is 42.6 Å². The number of carbonyl (C=O) groups is 1. The van der Waals surface area contributed by atoms with Crippen molar-refractivity contribution >= 4 is 28.1 Å². The maximum Gasteiger partial charge on any atom is 0.225 e. The lowest BCUT2D eigenvalue weighted by Gasteiger charge is -2.16. The van der Waals surface area contributed by atoms with E-state index in [1.165, 1.54) is 12.8 Å². The quantitative estimate of drug-likeness (QED) is 0.770. The number of aromatic nitrogens is 2. The fourth-order valence-corrected chi connectivity index (χ4v) is 3.97. The Hall–Kier alpha value is -2.27. The molecule has 0 aliphatic heterocycles. The smallest absolute Gasteiger partial charge is 0.225 e. The minimum Gasteiger partial charge on any atom is -0.346 e. The minimum atomic E-state index is 0.0397. The van der Waals surface area contributed by atoms with Crippen LogP contribution in [0.15, 0.2) is 41.9 Å². The van der Waals surface area contributed by atoms with E-state index in [2.05, 4.69) is 15.3 Å². The zero-order chi connectivity index (χ0) is 16.5. The molecule has 2 aromatic heterocycles. The van der Waals surface area contributed by atoms with Crippen molar-refractivity contribution in [1.29, 1.82) is 0 Å². The Bertz CT molecular complexity index is 880. The first kappa shape index (κ1) is 15.3. The van der Waals surface area contributed by atoms with E-state index in [9.17, 15) is 4.79 Å². The average Bonchev–Trinajstić information content (AvgIpc) is 3.34. The number of fused-ring (bicyclic) bond motifs is 1. The third kappa shape index (κ3) is 3.17. The standard InChI is InChI=1S/C19H19N3OS/c1-12-11-24-19(21-12)18(14-7-8-14)22-16(23)10-15-5-2-4-13-6-3-9-20-17(13)15/h2-6,9,11,14,18H,7-8,10H2,1H3,(H,22,23)/t18-/m0/s1. The minimum absolute atomic E-state index is 0.0397. The largest absolute Gasteiger partial charge is 0.346 e. The monoisotopic (exact) mass is 337 g/mol. The van der Waals surface area contributed by atoms with Gasteiger partial charge in [-0.1, -0.05) is 24.3 Å². The second-order valence-corrected chi connectivity index (χ2v) is 7.27. The molecule has 4 rings (SSSR count). The fourth-order valence-electron chi connectivity index (χ4n) is 3.03. The molecule has 0 spiro atoms. The number of benzene rings is 1. The van der Waals surface area contributed by atoms with Crippen molar-refractivity contribution in [1.82, 2.24) is 15.3 Å². The Balaban J connectivity index is 1.53. The maximum absolute atomic E-state index is 12.6. The number of rotatable bonds is 5. The van der Waals surface area contributed by atoms with Gasteiger partial charge in [-0.2, -0.15) is 0 Å². The molecule has 2 heterocycles. The number of pyridine rings is 1. The van der Waals surface area contributed by atoms with Crippen molar-refractivity contribution in [3.8, 4) is 0 Å². The van der Waals surface area contributed by atoms with Gasteiger partial charge in [0.05, 0.1) is 18.0 Å². The second-order valence-electron chi connectivity index (χ2n) is 6.38. The summed E-state index contributed by atoms with van der Waals surface area (Å²) < 4.78 is 0. The lowest BCUT2D eigenvalue weighted by molar-refractivity contribution is -0.121. The SMILES string of the molecule is Cc1csc([C@@H](NC(=O)Cc2cccc3cccnc23)C2CC2)n1. The number of hydrogen-bond donors (Lipinski definition) is 1. The molecule has 0 bridgehead atoms. The van der Waals surface area contributed by atoms with E-state index in [-0.39, 0.29) is 11.9 Å². The summed E-state index contributed by atoms with van der Waals surface area (Å²) in [5, 5.41) is 7.34. The van der Waals surface area contributed by atoms with Crippen LogP contribution in [0.3, 0.4) is 0 Å². The molecule has 1 aliphatic rings. The number of thiazole rings is 1. The topological polar surface area (TPSA) is 54.9 Å². The van der Waals surface area contributed by atoms with Crippen LogP contribution in [0.2, 0.25) is 0 Å². The van der Waals surface area contributed by atoms with Crippen LogP contribution in [-0.4, -0.2) is 15.9 Å². The van der Waals surface area contributed by atoms with Gasteiger partial charge in [0.1, 0.15) is 5.01 Å². The summed E-state index contributed by atoms with van der Waals surface area (Å²) in [6, 6.07) is 9.98. The molecule has 24 heavy (non-hydrogen) atoms. The average molecular weight is 337 g/mol. The summed E-state index contributed by atoms with van der Waals surface area (Å²) in [5.41, 5.74) is 2.90. The van der Waals surface area contributed by atoms with Gasteiger partial charge in [-0.05, 0) is 37.3 Å². The Labute approximate surface area is 145 Å². The lowest BCUT2D eigenvalue weighted by Crippen LogP contribution is -2.31. The fraction of sp³-hybridized carbons (Fsp3) is 0.316. The van der Waals surface area contributed by atoms with E-state index in [0.717, 1.165) is 27.2 Å². The molecular formula is C19H19N3OS. The van der Waals surface area contributed by atoms with Crippen LogP contribution in [0, 0.1) is 12.8 Å². The highest BCUT2D eigenvalue weighted by atomic mass is 32.1. The number of hydrogen-bond acceptors (Lipinski definition) is 4. The highest BCUT2D eigenvalue weighted by Crippen LogP contribution is 2.41. The van der Waals surface area contributed by atoms with Crippen molar-refractivity contribution in [3.63, 3.8) is 0 Å². The summed E-state index contributed by atoms with van der Waals surface area (Å²) in [4.78, 5) is 21.6. The molecule has 0 saturated heterocycles. The number of para-hydroxylation sites is 1. The van der Waals surface area contributed by atoms with Crippen LogP contribution in [0.4, 0.5) is 0 Å². The molecule has 0 radical (unpaired) electrons. The summed E-state index contributed by atoms with van der Waals surface area (Å²) in [7, 11) is 0. The van der Waals surface area contributed by atoms with Crippen LogP contribution in [0.25, 0.3) is 10.9 Å². The van der Waals surface area contributed by atoms with Crippen molar-refractivity contribution in [3.05, 3.63) is 58.2 Å². The van der Waals surface area contributed by atoms with Crippen molar-refractivity contribution in [2.24, 2.45) is 5.92 Å². The summed E-state index contributed by atoms with van der Waals surface area (Å²) in [5.74, 6) is 0.572. The summed E-state index contributed by atoms with van der Waals surface area (Å²) >= 11 is 1.64. The Morgan fingerprint density at radius 1 is 1.33 bits per heavy atom. The van der Waals surface area contributed by atoms with Gasteiger partial charge >= 0.3 is 0 Å². The van der Waals surface area contributed by atoms with Crippen LogP contribution in [0.5, 0.6) is 0 Å². The molecule has 3 aromatic rings. The van der Waals surface area contributed by atoms with Crippen molar-refractivity contribution < 1.29 is 4.79 Å². The first-order valence-electron chi connectivity index (χ1n) is 8.25. The van der Waals surface area contributed by atoms with Gasteiger partial charge in [-0.25, -0.2) is 4.98 Å². The molecule has 4 nitrogen and oxygen atoms in total. The van der Waals surface area contributed by atoms with Gasteiger partial charge in [0, 0.05) is 22.7 Å². The predicted octanol–water partition coefficient (Wildman–Crippen LogP) is 3.81. The third-order valence-corrected chi connectivity index (χ3v) is 5.43. The summed E-state index contributed by atoms with van der Waals surface area (Å²) in [6.07, 6.45) is 4.45. The molecule has 1 aromatic carbocycles. The van der Waals surface area contributed by atoms with Gasteiger partial charge in [0.2, 0.25) is 5.91 Å². The van der Waals surface area contributed by atoms with Gasteiger partial charge in [0.25, 0.3) is 0 Å². The number of carbonyl (C=O) groups excluding carboxylic acids is 1. The lowest BCUT2D eigenvalue weighted by atomic mass is 10.1. The number of nitrogens with one attached hydrogen (secondary N) is 1. The zero-order valence-electron chi connectivity index (χ0n) is 13.5. The molecule has 1 aliphatic carbocycles. The van der Waals surface area contributed by atoms with Gasteiger partial charge in [-0.3, -0.25) is 9.78 Å². The van der Waals surface area contributed by atoms with E-state index in [4.69, 9.17) is 0 Å². The first-order valence-corrected chi connectivity index (χ1v) is 9.12. The molecular weight excluding hydrogens is 318 g/mol. The molecule has 1 N–H and O–H groups in total. The first-order chi connectivity index (χ1) is 11.7. The van der Waals surface area contributed by atoms with E-state index >= 15 is 0 Å². The van der Waals surface area contributed by atoms with E-state index in [0.29, 0.717) is 12.3 Å². The Morgan fingerprint density at radius 3 is 2.92 bits per heavy atom. The van der Waals surface area contributed by atoms with Crippen LogP contribution < -0.4 is 5.32 Å². The highest BCUT2D eigenvalue weighted by Gasteiger charge is 2.35. The molecule has 1 amide bonds. The van der Waals surface area contributed by atoms with Gasteiger partial charge in [0.15, 0.2) is 0 Å². The van der Waals surface area contributed by atoms with Crippen molar-refractivity contribution in [2.75, 3.05) is 0 Å². The van der Waals surface area contributed by atoms with E-state index < -0.39 is 0 Å². The molecule has 0 unspecified atom stereocenters. The highest BCUT2D eigenvalue weighted by molar-refractivity contribution is 7.09. The third-order valence-electron chi connectivity index (χ3n) is 4.38. The van der Waals surface area contributed by atoms with Crippen LogP contribution >= 0.6 is 11.3 Å². The van der Waals surface area contributed by atoms with Gasteiger partial charge in [-0.15, -0.1) is 11.3 Å².